The van der Waals surface area contributed by atoms with Crippen molar-refractivity contribution in [2.75, 3.05) is 103 Å². The van der Waals surface area contributed by atoms with Crippen LogP contribution in [0.3, 0.4) is 0 Å². The summed E-state index contributed by atoms with van der Waals surface area (Å²) < 4.78 is 35.6. The van der Waals surface area contributed by atoms with Crippen LogP contribution < -0.4 is 29.6 Å². The third-order valence-electron chi connectivity index (χ3n) is 18.6. The summed E-state index contributed by atoms with van der Waals surface area (Å²) in [5.41, 5.74) is 5.21. The summed E-state index contributed by atoms with van der Waals surface area (Å²) in [4.78, 5) is 67.8. The topological polar surface area (TPSA) is 164 Å². The Kier molecular flexibility index (Phi) is 23.2. The van der Waals surface area contributed by atoms with Crippen molar-refractivity contribution in [3.05, 3.63) is 46.5 Å². The molecule has 444 valence electrons. The normalized spacial score (nSPS) is 23.1. The number of likely N-dealkylation sites (tertiary alicyclic amines) is 1. The Morgan fingerprint density at radius 1 is 0.734 bits per heavy atom. The van der Waals surface area contributed by atoms with Crippen molar-refractivity contribution in [2.45, 2.75) is 162 Å². The second-order valence-corrected chi connectivity index (χ2v) is 24.0. The molecule has 4 aliphatic heterocycles. The van der Waals surface area contributed by atoms with Crippen LogP contribution in [0.15, 0.2) is 24.3 Å². The standard InChI is InChI=1S/C62H101N7O10/c1-18-39(7)58(66(11)62(73)56(37(3)4)64-61(72)57(38(5)6)65(9)10)54(78-16)35-55(70)69-25-20-21-47(69)59(79-17)40(8)60(71)63-24-28-67-26-22-42-31-50(74-12)52(76-14)33-45(42)48(67)29-44-30-49-46-34-53(77-15)51(75-13)32-43(46)23-27-68(49)36-41(44)19-2/h31-34,37-41,44,47-49,54,56-59H,18-30,35-36H2,1-17H3,(H,63,71)(H,64,72)/t39-,40+,41-,44-,47?,48+,49?,54+,56-,57-,58-,59+/m0/s1. The van der Waals surface area contributed by atoms with Gasteiger partial charge in [-0.2, -0.15) is 0 Å². The molecular formula is C62H101N7O10. The Labute approximate surface area is 474 Å². The van der Waals surface area contributed by atoms with Crippen LogP contribution in [-0.4, -0.2) is 188 Å². The summed E-state index contributed by atoms with van der Waals surface area (Å²) in [6.07, 6.45) is 6.03. The van der Waals surface area contributed by atoms with Crippen molar-refractivity contribution in [3.8, 4) is 23.0 Å². The average molecular weight is 1100 g/mol. The van der Waals surface area contributed by atoms with E-state index in [1.165, 1.54) is 22.3 Å². The number of fused-ring (bicyclic) bond motifs is 4. The number of hydrogen-bond donors (Lipinski definition) is 2. The van der Waals surface area contributed by atoms with E-state index in [0.717, 1.165) is 87.6 Å². The van der Waals surface area contributed by atoms with Crippen molar-refractivity contribution < 1.29 is 47.6 Å². The molecule has 2 fully saturated rings. The Bertz CT molecular complexity index is 2340. The molecule has 2 saturated heterocycles. The predicted octanol–water partition coefficient (Wildman–Crippen LogP) is 7.42. The molecule has 17 nitrogen and oxygen atoms in total. The molecule has 0 aromatic heterocycles. The van der Waals surface area contributed by atoms with E-state index >= 15 is 0 Å². The SMILES string of the molecule is CC[C@H]1CN2CCc3cc(OC)c(OC)cc3C2C[C@@H]1C[C@@H]1c2cc(OC)c(OC)cc2CCN1CCNC(=O)[C@H](C)[C@@H](OC)C1CCCN1C(=O)C[C@@H](OC)[C@H]([C@@H](C)CC)N(C)C(=O)[C@@H](NC(=O)[C@H](C(C)C)N(C)C)C(C)C. The highest BCUT2D eigenvalue weighted by Crippen LogP contribution is 2.49. The molecule has 0 bridgehead atoms. The number of ether oxygens (including phenoxy) is 6. The molecule has 17 heteroatoms. The van der Waals surface area contributed by atoms with Gasteiger partial charge in [0.15, 0.2) is 23.0 Å². The molecule has 4 amide bonds. The summed E-state index contributed by atoms with van der Waals surface area (Å²) in [6.45, 7) is 20.8. The molecule has 12 atom stereocenters. The van der Waals surface area contributed by atoms with Crippen LogP contribution in [0.5, 0.6) is 23.0 Å². The lowest BCUT2D eigenvalue weighted by Gasteiger charge is -2.49. The molecule has 0 radical (unpaired) electrons. The van der Waals surface area contributed by atoms with Crippen LogP contribution in [0.1, 0.15) is 135 Å². The Morgan fingerprint density at radius 3 is 1.90 bits per heavy atom. The third-order valence-corrected chi connectivity index (χ3v) is 18.6. The van der Waals surface area contributed by atoms with Crippen LogP contribution in [0.25, 0.3) is 0 Å². The molecule has 2 aromatic carbocycles. The molecule has 2 N–H and O–H groups in total. The van der Waals surface area contributed by atoms with E-state index in [-0.39, 0.29) is 65.9 Å². The van der Waals surface area contributed by atoms with Crippen LogP contribution in [0, 0.1) is 35.5 Å². The predicted molar refractivity (Wildman–Crippen MR) is 310 cm³/mol. The summed E-state index contributed by atoms with van der Waals surface area (Å²) in [7, 11) is 15.5. The van der Waals surface area contributed by atoms with Crippen molar-refractivity contribution in [1.82, 2.24) is 35.1 Å². The van der Waals surface area contributed by atoms with Crippen molar-refractivity contribution in [2.24, 2.45) is 35.5 Å². The van der Waals surface area contributed by atoms with E-state index in [9.17, 15) is 19.2 Å². The van der Waals surface area contributed by atoms with Gasteiger partial charge < -0.3 is 48.9 Å². The fourth-order valence-corrected chi connectivity index (χ4v) is 14.1. The first-order chi connectivity index (χ1) is 37.7. The van der Waals surface area contributed by atoms with Gasteiger partial charge in [-0.3, -0.25) is 33.9 Å². The van der Waals surface area contributed by atoms with E-state index in [1.807, 2.05) is 58.5 Å². The molecule has 2 aromatic rings. The Balaban J connectivity index is 1.15. The molecule has 4 aliphatic rings. The van der Waals surface area contributed by atoms with Gasteiger partial charge in [-0.1, -0.05) is 68.2 Å². The smallest absolute Gasteiger partial charge is 0.245 e. The highest BCUT2D eigenvalue weighted by Gasteiger charge is 2.45. The third kappa shape index (κ3) is 14.3. The maximum Gasteiger partial charge on any atom is 0.245 e. The van der Waals surface area contributed by atoms with E-state index in [4.69, 9.17) is 28.4 Å². The lowest BCUT2D eigenvalue weighted by molar-refractivity contribution is -0.148. The molecule has 6 rings (SSSR count). The zero-order valence-corrected chi connectivity index (χ0v) is 51.3. The highest BCUT2D eigenvalue weighted by molar-refractivity contribution is 5.90. The fourth-order valence-electron chi connectivity index (χ4n) is 14.1. The number of likely N-dealkylation sites (N-methyl/N-ethyl adjacent to an activating group) is 2. The average Bonchev–Trinajstić information content (AvgIpc) is 3.98. The fraction of sp³-hybridized carbons (Fsp3) is 0.742. The number of carbonyl (C=O) groups excluding carboxylic acids is 4. The van der Waals surface area contributed by atoms with Gasteiger partial charge in [-0.25, -0.2) is 0 Å². The van der Waals surface area contributed by atoms with Gasteiger partial charge >= 0.3 is 0 Å². The molecule has 0 spiro atoms. The zero-order chi connectivity index (χ0) is 58.0. The van der Waals surface area contributed by atoms with Gasteiger partial charge in [0.25, 0.3) is 0 Å². The van der Waals surface area contributed by atoms with Gasteiger partial charge in [-0.05, 0) is 129 Å². The first-order valence-electron chi connectivity index (χ1n) is 29.6. The van der Waals surface area contributed by atoms with Crippen molar-refractivity contribution in [3.63, 3.8) is 0 Å². The summed E-state index contributed by atoms with van der Waals surface area (Å²) in [5, 5.41) is 6.39. The minimum Gasteiger partial charge on any atom is -0.493 e. The second-order valence-electron chi connectivity index (χ2n) is 24.0. The first-order valence-corrected chi connectivity index (χ1v) is 29.6. The molecule has 2 unspecified atom stereocenters. The maximum atomic E-state index is 14.6. The minimum absolute atomic E-state index is 0.0248. The monoisotopic (exact) mass is 1100 g/mol. The van der Waals surface area contributed by atoms with Crippen molar-refractivity contribution in [1.29, 1.82) is 0 Å². The largest absolute Gasteiger partial charge is 0.493 e. The van der Waals surface area contributed by atoms with Gasteiger partial charge in [0.05, 0.1) is 71.1 Å². The first kappa shape index (κ1) is 63.5. The van der Waals surface area contributed by atoms with Crippen LogP contribution >= 0.6 is 0 Å². The number of nitrogens with zero attached hydrogens (tertiary/aromatic N) is 5. The van der Waals surface area contributed by atoms with Gasteiger partial charge in [0.1, 0.15) is 6.04 Å². The highest BCUT2D eigenvalue weighted by atomic mass is 16.5. The summed E-state index contributed by atoms with van der Waals surface area (Å²) in [5.74, 6) is 2.63. The Hall–Kier alpha value is -4.68. The molecule has 0 saturated carbocycles. The van der Waals surface area contributed by atoms with Crippen LogP contribution in [0.4, 0.5) is 0 Å². The number of rotatable bonds is 27. The number of carbonyl (C=O) groups is 4. The molecule has 79 heavy (non-hydrogen) atoms. The zero-order valence-electron chi connectivity index (χ0n) is 51.3. The Morgan fingerprint density at radius 2 is 1.34 bits per heavy atom. The van der Waals surface area contributed by atoms with Gasteiger partial charge in [0.2, 0.25) is 23.6 Å². The van der Waals surface area contributed by atoms with Crippen LogP contribution in [-0.2, 0) is 41.5 Å². The summed E-state index contributed by atoms with van der Waals surface area (Å²) in [6, 6.07) is 7.16. The quantitative estimate of drug-likeness (QED) is 0.0910. The number of piperidine rings is 1. The van der Waals surface area contributed by atoms with E-state index in [1.54, 1.807) is 54.6 Å². The molecule has 4 heterocycles. The maximum absolute atomic E-state index is 14.6. The van der Waals surface area contributed by atoms with E-state index in [2.05, 4.69) is 65.5 Å². The van der Waals surface area contributed by atoms with E-state index in [0.29, 0.717) is 37.9 Å². The number of hydrogen-bond acceptors (Lipinski definition) is 13. The number of nitrogens with one attached hydrogen (secondary N) is 2. The molecule has 0 aliphatic carbocycles. The van der Waals surface area contributed by atoms with E-state index < -0.39 is 36.3 Å². The lowest BCUT2D eigenvalue weighted by Crippen LogP contribution is -2.59. The number of amides is 4. The van der Waals surface area contributed by atoms with Gasteiger partial charge in [-0.15, -0.1) is 0 Å². The number of benzene rings is 2. The second kappa shape index (κ2) is 28.8. The lowest BCUT2D eigenvalue weighted by atomic mass is 9.72. The van der Waals surface area contributed by atoms with Crippen molar-refractivity contribution >= 4 is 23.6 Å². The minimum atomic E-state index is -0.766. The van der Waals surface area contributed by atoms with Crippen LogP contribution in [0.2, 0.25) is 0 Å². The molecular weight excluding hydrogens is 1000 g/mol. The van der Waals surface area contributed by atoms with Gasteiger partial charge in [0, 0.05) is 72.6 Å². The summed E-state index contributed by atoms with van der Waals surface area (Å²) >= 11 is 0. The number of methoxy groups -OCH3 is 6.